The minimum Gasteiger partial charge on any atom is -0.496 e. The van der Waals surface area contributed by atoms with Crippen LogP contribution in [0.1, 0.15) is 24.1 Å². The number of ether oxygens (including phenoxy) is 1. The van der Waals surface area contributed by atoms with Gasteiger partial charge in [0.1, 0.15) is 11.8 Å². The molecular formula is C18H18BrF3N2O2. The van der Waals surface area contributed by atoms with Crippen LogP contribution in [0.15, 0.2) is 46.9 Å². The van der Waals surface area contributed by atoms with Gasteiger partial charge in [-0.15, -0.1) is 0 Å². The molecule has 1 amide bonds. The molecule has 1 unspecified atom stereocenters. The minimum absolute atomic E-state index is 0.0220. The highest BCUT2D eigenvalue weighted by Crippen LogP contribution is 2.36. The van der Waals surface area contributed by atoms with Crippen molar-refractivity contribution >= 4 is 27.5 Å². The zero-order valence-corrected chi connectivity index (χ0v) is 15.7. The van der Waals surface area contributed by atoms with Crippen LogP contribution in [0.25, 0.3) is 0 Å². The van der Waals surface area contributed by atoms with Crippen LogP contribution >= 0.6 is 15.9 Å². The Labute approximate surface area is 157 Å². The van der Waals surface area contributed by atoms with Crippen molar-refractivity contribution in [1.29, 1.82) is 0 Å². The Morgan fingerprint density at radius 3 is 2.35 bits per heavy atom. The van der Waals surface area contributed by atoms with E-state index >= 15 is 0 Å². The summed E-state index contributed by atoms with van der Waals surface area (Å²) in [6.45, 7) is 1.41. The molecule has 8 heteroatoms. The Morgan fingerprint density at radius 1 is 1.19 bits per heavy atom. The van der Waals surface area contributed by atoms with Gasteiger partial charge in [0.2, 0.25) is 5.91 Å². The zero-order valence-electron chi connectivity index (χ0n) is 14.2. The lowest BCUT2D eigenvalue weighted by Crippen LogP contribution is -2.33. The van der Waals surface area contributed by atoms with E-state index in [4.69, 9.17) is 4.74 Å². The molecule has 0 bridgehead atoms. The number of amides is 1. The SMILES string of the molecule is COc1ccc(C(NCc2ccc(NC(C)=O)cc2)C(F)(F)F)cc1Br. The summed E-state index contributed by atoms with van der Waals surface area (Å²) in [5.74, 6) is 0.251. The molecule has 0 aromatic heterocycles. The number of methoxy groups -OCH3 is 1. The molecule has 26 heavy (non-hydrogen) atoms. The van der Waals surface area contributed by atoms with Gasteiger partial charge >= 0.3 is 6.18 Å². The van der Waals surface area contributed by atoms with Crippen molar-refractivity contribution in [3.63, 3.8) is 0 Å². The number of hydrogen-bond donors (Lipinski definition) is 2. The third kappa shape index (κ3) is 5.47. The zero-order chi connectivity index (χ0) is 19.3. The molecule has 2 N–H and O–H groups in total. The number of hydrogen-bond acceptors (Lipinski definition) is 3. The maximum absolute atomic E-state index is 13.5. The number of benzene rings is 2. The van der Waals surface area contributed by atoms with Crippen molar-refractivity contribution in [1.82, 2.24) is 5.32 Å². The van der Waals surface area contributed by atoms with Crippen molar-refractivity contribution in [3.05, 3.63) is 58.1 Å². The number of anilines is 1. The van der Waals surface area contributed by atoms with Gasteiger partial charge in [-0.05, 0) is 51.3 Å². The van der Waals surface area contributed by atoms with Crippen molar-refractivity contribution in [2.75, 3.05) is 12.4 Å². The molecule has 4 nitrogen and oxygen atoms in total. The molecule has 0 saturated carbocycles. The van der Waals surface area contributed by atoms with E-state index in [0.29, 0.717) is 21.5 Å². The van der Waals surface area contributed by atoms with Gasteiger partial charge in [-0.3, -0.25) is 10.1 Å². The van der Waals surface area contributed by atoms with Gasteiger partial charge in [-0.1, -0.05) is 18.2 Å². The van der Waals surface area contributed by atoms with Crippen LogP contribution in [-0.2, 0) is 11.3 Å². The highest BCUT2D eigenvalue weighted by Gasteiger charge is 2.40. The van der Waals surface area contributed by atoms with E-state index < -0.39 is 12.2 Å². The van der Waals surface area contributed by atoms with Gasteiger partial charge in [0.25, 0.3) is 0 Å². The first-order chi connectivity index (χ1) is 12.2. The summed E-state index contributed by atoms with van der Waals surface area (Å²) < 4.78 is 45.9. The summed E-state index contributed by atoms with van der Waals surface area (Å²) in [7, 11) is 1.45. The third-order valence-corrected chi connectivity index (χ3v) is 4.24. The van der Waals surface area contributed by atoms with Gasteiger partial charge in [0.15, 0.2) is 0 Å². The molecule has 2 aromatic rings. The number of carbonyl (C=O) groups excluding carboxylic acids is 1. The molecule has 0 radical (unpaired) electrons. The van der Waals surface area contributed by atoms with E-state index in [0.717, 1.165) is 0 Å². The van der Waals surface area contributed by atoms with E-state index in [-0.39, 0.29) is 18.0 Å². The average Bonchev–Trinajstić information content (AvgIpc) is 2.55. The molecule has 140 valence electrons. The third-order valence-electron chi connectivity index (χ3n) is 3.62. The van der Waals surface area contributed by atoms with Gasteiger partial charge in [-0.25, -0.2) is 0 Å². The monoisotopic (exact) mass is 430 g/mol. The Morgan fingerprint density at radius 2 is 1.85 bits per heavy atom. The Kier molecular flexibility index (Phi) is 6.66. The maximum Gasteiger partial charge on any atom is 0.407 e. The summed E-state index contributed by atoms with van der Waals surface area (Å²) in [6, 6.07) is 9.06. The second-order valence-corrected chi connectivity index (χ2v) is 6.48. The van der Waals surface area contributed by atoms with Gasteiger partial charge in [0, 0.05) is 19.2 Å². The summed E-state index contributed by atoms with van der Waals surface area (Å²) in [5, 5.41) is 5.15. The summed E-state index contributed by atoms with van der Waals surface area (Å²) >= 11 is 3.21. The predicted molar refractivity (Wildman–Crippen MR) is 97.1 cm³/mol. The molecule has 0 heterocycles. The number of rotatable bonds is 6. The molecule has 2 rings (SSSR count). The van der Waals surface area contributed by atoms with Crippen molar-refractivity contribution in [2.24, 2.45) is 0 Å². The van der Waals surface area contributed by atoms with Gasteiger partial charge in [-0.2, -0.15) is 13.2 Å². The number of nitrogens with one attached hydrogen (secondary N) is 2. The van der Waals surface area contributed by atoms with Crippen LogP contribution < -0.4 is 15.4 Å². The normalized spacial score (nSPS) is 12.5. The standard InChI is InChI=1S/C18H18BrF3N2O2/c1-11(25)24-14-6-3-12(4-7-14)10-23-17(18(20,21)22)13-5-8-16(26-2)15(19)9-13/h3-9,17,23H,10H2,1-2H3,(H,24,25). The first-order valence-corrected chi connectivity index (χ1v) is 8.50. The molecule has 0 saturated heterocycles. The van der Waals surface area contributed by atoms with Crippen molar-refractivity contribution in [3.8, 4) is 5.75 Å². The summed E-state index contributed by atoms with van der Waals surface area (Å²) in [6.07, 6.45) is -4.45. The van der Waals surface area contributed by atoms with Crippen LogP contribution in [0.3, 0.4) is 0 Å². The number of carbonyl (C=O) groups is 1. The van der Waals surface area contributed by atoms with Crippen LogP contribution in [0.4, 0.5) is 18.9 Å². The van der Waals surface area contributed by atoms with Crippen molar-refractivity contribution < 1.29 is 22.7 Å². The second-order valence-electron chi connectivity index (χ2n) is 5.63. The Hall–Kier alpha value is -2.06. The van der Waals surface area contributed by atoms with Crippen LogP contribution in [0.2, 0.25) is 0 Å². The highest BCUT2D eigenvalue weighted by atomic mass is 79.9. The van der Waals surface area contributed by atoms with E-state index in [1.807, 2.05) is 0 Å². The van der Waals surface area contributed by atoms with Crippen LogP contribution in [0, 0.1) is 0 Å². The first-order valence-electron chi connectivity index (χ1n) is 7.70. The molecule has 0 aliphatic rings. The molecular weight excluding hydrogens is 413 g/mol. The largest absolute Gasteiger partial charge is 0.496 e. The summed E-state index contributed by atoms with van der Waals surface area (Å²) in [5.41, 5.74) is 1.34. The lowest BCUT2D eigenvalue weighted by molar-refractivity contribution is -0.158. The lowest BCUT2D eigenvalue weighted by Gasteiger charge is -2.23. The van der Waals surface area contributed by atoms with Crippen LogP contribution in [0.5, 0.6) is 5.75 Å². The Balaban J connectivity index is 2.14. The van der Waals surface area contributed by atoms with E-state index in [1.165, 1.54) is 32.2 Å². The predicted octanol–water partition coefficient (Wildman–Crippen LogP) is 4.81. The molecule has 0 fully saturated rings. The number of halogens is 4. The minimum atomic E-state index is -4.45. The smallest absolute Gasteiger partial charge is 0.407 e. The fourth-order valence-electron chi connectivity index (χ4n) is 2.41. The van der Waals surface area contributed by atoms with E-state index in [9.17, 15) is 18.0 Å². The average molecular weight is 431 g/mol. The molecule has 2 aromatic carbocycles. The van der Waals surface area contributed by atoms with Crippen LogP contribution in [-0.4, -0.2) is 19.2 Å². The van der Waals surface area contributed by atoms with Gasteiger partial charge in [0.05, 0.1) is 11.6 Å². The fourth-order valence-corrected chi connectivity index (χ4v) is 2.97. The summed E-state index contributed by atoms with van der Waals surface area (Å²) in [4.78, 5) is 11.0. The molecule has 0 aliphatic carbocycles. The van der Waals surface area contributed by atoms with E-state index in [1.54, 1.807) is 24.3 Å². The molecule has 0 spiro atoms. The van der Waals surface area contributed by atoms with Crippen molar-refractivity contribution in [2.45, 2.75) is 25.7 Å². The Bertz CT molecular complexity index is 764. The number of alkyl halides is 3. The molecule has 0 aliphatic heterocycles. The maximum atomic E-state index is 13.5. The lowest BCUT2D eigenvalue weighted by atomic mass is 10.1. The van der Waals surface area contributed by atoms with E-state index in [2.05, 4.69) is 26.6 Å². The van der Waals surface area contributed by atoms with Gasteiger partial charge < -0.3 is 10.1 Å². The molecule has 1 atom stereocenters. The highest BCUT2D eigenvalue weighted by molar-refractivity contribution is 9.10. The topological polar surface area (TPSA) is 50.4 Å². The first kappa shape index (κ1) is 20.3. The fraction of sp³-hybridized carbons (Fsp3) is 0.278. The quantitative estimate of drug-likeness (QED) is 0.691. The second kappa shape index (κ2) is 8.55.